The van der Waals surface area contributed by atoms with E-state index in [1.54, 1.807) is 0 Å². The van der Waals surface area contributed by atoms with Crippen molar-refractivity contribution in [2.24, 2.45) is 0 Å². The summed E-state index contributed by atoms with van der Waals surface area (Å²) in [6.45, 7) is 0. The molecule has 0 aliphatic heterocycles. The fourth-order valence-corrected chi connectivity index (χ4v) is 9.23. The molecule has 0 aliphatic rings. The van der Waals surface area contributed by atoms with Crippen molar-refractivity contribution in [1.82, 2.24) is 24.1 Å². The lowest BCUT2D eigenvalue weighted by atomic mass is 9.96. The van der Waals surface area contributed by atoms with Crippen molar-refractivity contribution in [3.8, 4) is 73.9 Å². The lowest BCUT2D eigenvalue weighted by Gasteiger charge is -2.16. The standard InChI is InChI=1S/C58H36N6/c59-37-38-28-30-55(50(32-38)58-61-56(40-18-6-2-7-19-40)60-57(62-58)41-20-8-3-9-21-41)64-53-27-15-12-24-48(53)49-36-42(29-31-54(49)64)44-33-43(39-16-4-1-5-17-39)34-45(35-44)63-51-25-13-10-22-46(51)47-23-11-14-26-52(47)63/h1-36H. The number of benzene rings is 9. The van der Waals surface area contributed by atoms with E-state index in [0.29, 0.717) is 23.0 Å². The highest BCUT2D eigenvalue weighted by Gasteiger charge is 2.21. The predicted molar refractivity (Wildman–Crippen MR) is 260 cm³/mol. The van der Waals surface area contributed by atoms with Gasteiger partial charge in [-0.2, -0.15) is 5.26 Å². The van der Waals surface area contributed by atoms with Crippen molar-refractivity contribution >= 4 is 43.6 Å². The third-order valence-corrected chi connectivity index (χ3v) is 12.2. The molecule has 0 fully saturated rings. The first-order chi connectivity index (χ1) is 31.7. The third kappa shape index (κ3) is 6.22. The van der Waals surface area contributed by atoms with Crippen LogP contribution in [-0.2, 0) is 0 Å². The molecule has 3 aromatic heterocycles. The van der Waals surface area contributed by atoms with Crippen LogP contribution < -0.4 is 0 Å². The third-order valence-electron chi connectivity index (χ3n) is 12.2. The van der Waals surface area contributed by atoms with Gasteiger partial charge in [0.05, 0.1) is 39.4 Å². The van der Waals surface area contributed by atoms with Crippen LogP contribution in [0.25, 0.3) is 111 Å². The van der Waals surface area contributed by atoms with Gasteiger partial charge in [0, 0.05) is 43.9 Å². The minimum absolute atomic E-state index is 0.484. The molecule has 0 N–H and O–H groups in total. The largest absolute Gasteiger partial charge is 0.309 e. The normalized spacial score (nSPS) is 11.4. The Labute approximate surface area is 369 Å². The molecule has 0 saturated carbocycles. The average molecular weight is 817 g/mol. The Morgan fingerprint density at radius 3 is 1.38 bits per heavy atom. The molecule has 64 heavy (non-hydrogen) atoms. The second kappa shape index (κ2) is 15.2. The van der Waals surface area contributed by atoms with Gasteiger partial charge in [0.15, 0.2) is 17.5 Å². The molecule has 0 bridgehead atoms. The summed E-state index contributed by atoms with van der Waals surface area (Å²) in [7, 11) is 0. The first kappa shape index (κ1) is 36.9. The van der Waals surface area contributed by atoms with E-state index in [9.17, 15) is 5.26 Å². The maximum Gasteiger partial charge on any atom is 0.166 e. The zero-order valence-corrected chi connectivity index (χ0v) is 34.5. The highest BCUT2D eigenvalue weighted by Crippen LogP contribution is 2.41. The summed E-state index contributed by atoms with van der Waals surface area (Å²) in [6.07, 6.45) is 0. The van der Waals surface area contributed by atoms with Crippen molar-refractivity contribution < 1.29 is 0 Å². The van der Waals surface area contributed by atoms with E-state index in [4.69, 9.17) is 15.0 Å². The predicted octanol–water partition coefficient (Wildman–Crippen LogP) is 14.3. The summed E-state index contributed by atoms with van der Waals surface area (Å²) >= 11 is 0. The molecule has 0 spiro atoms. The van der Waals surface area contributed by atoms with E-state index >= 15 is 0 Å². The van der Waals surface area contributed by atoms with Crippen LogP contribution >= 0.6 is 0 Å². The van der Waals surface area contributed by atoms with Gasteiger partial charge in [-0.05, 0) is 89.0 Å². The minimum Gasteiger partial charge on any atom is -0.309 e. The SMILES string of the molecule is N#Cc1ccc(-n2c3ccccc3c3cc(-c4cc(-c5ccccc5)cc(-n5c6ccccc6c6ccccc65)c4)ccc32)c(-c2nc(-c3ccccc3)nc(-c3ccccc3)n2)c1. The van der Waals surface area contributed by atoms with Crippen molar-refractivity contribution in [3.63, 3.8) is 0 Å². The van der Waals surface area contributed by atoms with Crippen LogP contribution in [0, 0.1) is 11.3 Å². The average Bonchev–Trinajstić information content (AvgIpc) is 3.89. The molecular formula is C58H36N6. The van der Waals surface area contributed by atoms with Crippen molar-refractivity contribution in [2.75, 3.05) is 0 Å². The Hall–Kier alpha value is -8.92. The molecule has 0 atom stereocenters. The molecule has 12 rings (SSSR count). The fourth-order valence-electron chi connectivity index (χ4n) is 9.23. The number of hydrogen-bond acceptors (Lipinski definition) is 4. The monoisotopic (exact) mass is 816 g/mol. The summed E-state index contributed by atoms with van der Waals surface area (Å²) in [4.78, 5) is 15.2. The molecule has 6 heteroatoms. The minimum atomic E-state index is 0.484. The number of fused-ring (bicyclic) bond motifs is 6. The zero-order valence-electron chi connectivity index (χ0n) is 34.5. The molecule has 9 aromatic carbocycles. The smallest absolute Gasteiger partial charge is 0.166 e. The molecule has 6 nitrogen and oxygen atoms in total. The lowest BCUT2D eigenvalue weighted by Crippen LogP contribution is -2.04. The molecule has 3 heterocycles. The zero-order chi connectivity index (χ0) is 42.6. The van der Waals surface area contributed by atoms with Crippen LogP contribution in [0.15, 0.2) is 218 Å². The van der Waals surface area contributed by atoms with Crippen LogP contribution in [0.1, 0.15) is 5.56 Å². The van der Waals surface area contributed by atoms with Crippen molar-refractivity contribution in [2.45, 2.75) is 0 Å². The number of nitriles is 1. The van der Waals surface area contributed by atoms with Crippen LogP contribution in [0.4, 0.5) is 0 Å². The highest BCUT2D eigenvalue weighted by molar-refractivity contribution is 6.12. The summed E-state index contributed by atoms with van der Waals surface area (Å²) < 4.78 is 4.67. The van der Waals surface area contributed by atoms with E-state index in [1.165, 1.54) is 21.8 Å². The lowest BCUT2D eigenvalue weighted by molar-refractivity contribution is 1.06. The van der Waals surface area contributed by atoms with Gasteiger partial charge in [0.1, 0.15) is 0 Å². The Morgan fingerprint density at radius 1 is 0.328 bits per heavy atom. The number of hydrogen-bond donors (Lipinski definition) is 0. The first-order valence-corrected chi connectivity index (χ1v) is 21.3. The van der Waals surface area contributed by atoms with Crippen molar-refractivity contribution in [3.05, 3.63) is 224 Å². The second-order valence-electron chi connectivity index (χ2n) is 16.0. The Morgan fingerprint density at radius 2 is 0.797 bits per heavy atom. The maximum absolute atomic E-state index is 10.2. The molecule has 298 valence electrons. The number of para-hydroxylation sites is 3. The number of nitrogens with zero attached hydrogens (tertiary/aromatic N) is 6. The van der Waals surface area contributed by atoms with Crippen LogP contribution in [-0.4, -0.2) is 24.1 Å². The molecule has 0 radical (unpaired) electrons. The van der Waals surface area contributed by atoms with E-state index in [1.807, 2.05) is 78.9 Å². The van der Waals surface area contributed by atoms with Crippen LogP contribution in [0.5, 0.6) is 0 Å². The molecule has 0 aliphatic carbocycles. The van der Waals surface area contributed by atoms with Gasteiger partial charge in [0.2, 0.25) is 0 Å². The van der Waals surface area contributed by atoms with Gasteiger partial charge < -0.3 is 9.13 Å². The fraction of sp³-hybridized carbons (Fsp3) is 0. The van der Waals surface area contributed by atoms with E-state index in [-0.39, 0.29) is 0 Å². The van der Waals surface area contributed by atoms with Crippen LogP contribution in [0.2, 0.25) is 0 Å². The van der Waals surface area contributed by atoms with E-state index < -0.39 is 0 Å². The maximum atomic E-state index is 10.2. The van der Waals surface area contributed by atoms with Gasteiger partial charge >= 0.3 is 0 Å². The summed E-state index contributed by atoms with van der Waals surface area (Å²) in [5.74, 6) is 1.60. The van der Waals surface area contributed by atoms with Gasteiger partial charge in [-0.15, -0.1) is 0 Å². The highest BCUT2D eigenvalue weighted by atomic mass is 15.1. The molecule has 0 amide bonds. The Kier molecular flexibility index (Phi) is 8.77. The van der Waals surface area contributed by atoms with E-state index in [0.717, 1.165) is 72.1 Å². The van der Waals surface area contributed by atoms with Crippen molar-refractivity contribution in [1.29, 1.82) is 5.26 Å². The quantitative estimate of drug-likeness (QED) is 0.161. The number of rotatable bonds is 7. The van der Waals surface area contributed by atoms with Gasteiger partial charge in [0.25, 0.3) is 0 Å². The summed E-state index contributed by atoms with van der Waals surface area (Å²) in [6, 6.07) is 78.3. The molecule has 0 unspecified atom stereocenters. The molecule has 12 aromatic rings. The molecule has 0 saturated heterocycles. The van der Waals surface area contributed by atoms with Gasteiger partial charge in [-0.1, -0.05) is 152 Å². The Balaban J connectivity index is 1.08. The topological polar surface area (TPSA) is 72.3 Å². The van der Waals surface area contributed by atoms with Crippen LogP contribution in [0.3, 0.4) is 0 Å². The number of aromatic nitrogens is 5. The summed E-state index contributed by atoms with van der Waals surface area (Å²) in [5.41, 5.74) is 13.9. The summed E-state index contributed by atoms with van der Waals surface area (Å²) in [5, 5.41) is 14.9. The first-order valence-electron chi connectivity index (χ1n) is 21.3. The Bertz CT molecular complexity index is 3680. The second-order valence-corrected chi connectivity index (χ2v) is 16.0. The van der Waals surface area contributed by atoms with E-state index in [2.05, 4.69) is 155 Å². The van der Waals surface area contributed by atoms with Gasteiger partial charge in [-0.25, -0.2) is 15.0 Å². The molecular weight excluding hydrogens is 781 g/mol. The van der Waals surface area contributed by atoms with Gasteiger partial charge in [-0.3, -0.25) is 0 Å².